The van der Waals surface area contributed by atoms with E-state index in [4.69, 9.17) is 0 Å². The largest absolute Gasteiger partial charge is 0.309 e. The third kappa shape index (κ3) is 3.59. The van der Waals surface area contributed by atoms with E-state index in [9.17, 15) is 10.1 Å². The molecule has 0 aliphatic rings. The summed E-state index contributed by atoms with van der Waals surface area (Å²) in [4.78, 5) is 14.4. The minimum Gasteiger partial charge on any atom is -0.309 e. The van der Waals surface area contributed by atoms with Crippen molar-refractivity contribution in [1.29, 1.82) is 0 Å². The molecule has 0 spiro atoms. The van der Waals surface area contributed by atoms with Crippen LogP contribution in [-0.2, 0) is 13.1 Å². The summed E-state index contributed by atoms with van der Waals surface area (Å²) in [7, 11) is 0. The van der Waals surface area contributed by atoms with Gasteiger partial charge >= 0.3 is 0 Å². The molecule has 0 radical (unpaired) electrons. The van der Waals surface area contributed by atoms with Crippen molar-refractivity contribution < 1.29 is 4.92 Å². The number of non-ortho nitro benzene ring substituents is 1. The van der Waals surface area contributed by atoms with Gasteiger partial charge in [-0.2, -0.15) is 0 Å². The summed E-state index contributed by atoms with van der Waals surface area (Å²) in [5.74, 6) is 0. The average Bonchev–Trinajstić information content (AvgIpc) is 2.41. The molecule has 2 rings (SSSR count). The highest BCUT2D eigenvalue weighted by Gasteiger charge is 2.05. The Morgan fingerprint density at radius 3 is 2.89 bits per heavy atom. The van der Waals surface area contributed by atoms with Crippen molar-refractivity contribution in [3.63, 3.8) is 0 Å². The van der Waals surface area contributed by atoms with Gasteiger partial charge in [0.05, 0.1) is 4.92 Å². The van der Waals surface area contributed by atoms with Crippen LogP contribution in [-0.4, -0.2) is 9.91 Å². The van der Waals surface area contributed by atoms with Gasteiger partial charge in [0.2, 0.25) is 0 Å². The van der Waals surface area contributed by atoms with Gasteiger partial charge in [-0.15, -0.1) is 0 Å². The van der Waals surface area contributed by atoms with Crippen LogP contribution in [0.25, 0.3) is 0 Å². The summed E-state index contributed by atoms with van der Waals surface area (Å²) in [5.41, 5.74) is 3.34. The van der Waals surface area contributed by atoms with Gasteiger partial charge in [0, 0.05) is 37.6 Å². The minimum absolute atomic E-state index is 0.122. The van der Waals surface area contributed by atoms with Crippen LogP contribution < -0.4 is 5.32 Å². The summed E-state index contributed by atoms with van der Waals surface area (Å²) in [6.07, 6.45) is 3.59. The predicted octanol–water partition coefficient (Wildman–Crippen LogP) is 2.59. The van der Waals surface area contributed by atoms with Crippen LogP contribution in [0.5, 0.6) is 0 Å². The molecule has 0 aliphatic carbocycles. The SMILES string of the molecule is Cc1ccncc1CNCc1cccc([N+](=O)[O-])c1. The van der Waals surface area contributed by atoms with E-state index in [1.54, 1.807) is 18.3 Å². The number of pyridine rings is 1. The summed E-state index contributed by atoms with van der Waals surface area (Å²) in [6.45, 7) is 3.32. The second kappa shape index (κ2) is 6.06. The van der Waals surface area contributed by atoms with Crippen molar-refractivity contribution in [2.75, 3.05) is 0 Å². The summed E-state index contributed by atoms with van der Waals surface area (Å²) in [6, 6.07) is 8.61. The predicted molar refractivity (Wildman–Crippen MR) is 72.6 cm³/mol. The third-order valence-electron chi connectivity index (χ3n) is 2.91. The molecule has 0 saturated heterocycles. The van der Waals surface area contributed by atoms with Gasteiger partial charge < -0.3 is 5.32 Å². The molecule has 0 bridgehead atoms. The Morgan fingerprint density at radius 2 is 2.16 bits per heavy atom. The highest BCUT2D eigenvalue weighted by Crippen LogP contribution is 2.13. The fourth-order valence-electron chi connectivity index (χ4n) is 1.80. The van der Waals surface area contributed by atoms with Crippen molar-refractivity contribution in [2.24, 2.45) is 0 Å². The lowest BCUT2D eigenvalue weighted by atomic mass is 10.1. The molecule has 0 atom stereocenters. The van der Waals surface area contributed by atoms with Crippen LogP contribution in [0.2, 0.25) is 0 Å². The first-order chi connectivity index (χ1) is 9.16. The van der Waals surface area contributed by atoms with Gasteiger partial charge in [-0.05, 0) is 29.7 Å². The molecule has 2 aromatic rings. The molecular formula is C14H15N3O2. The van der Waals surface area contributed by atoms with E-state index in [0.29, 0.717) is 13.1 Å². The van der Waals surface area contributed by atoms with Crippen LogP contribution in [0, 0.1) is 17.0 Å². The van der Waals surface area contributed by atoms with Crippen LogP contribution >= 0.6 is 0 Å². The van der Waals surface area contributed by atoms with Crippen LogP contribution in [0.1, 0.15) is 16.7 Å². The fraction of sp³-hybridized carbons (Fsp3) is 0.214. The number of hydrogen-bond donors (Lipinski definition) is 1. The Kier molecular flexibility index (Phi) is 4.20. The van der Waals surface area contributed by atoms with Crippen LogP contribution in [0.4, 0.5) is 5.69 Å². The zero-order valence-corrected chi connectivity index (χ0v) is 10.7. The first-order valence-corrected chi connectivity index (χ1v) is 6.00. The maximum Gasteiger partial charge on any atom is 0.269 e. The summed E-state index contributed by atoms with van der Waals surface area (Å²) < 4.78 is 0. The standard InChI is InChI=1S/C14H15N3O2/c1-11-5-6-15-9-13(11)10-16-8-12-3-2-4-14(7-12)17(18)19/h2-7,9,16H,8,10H2,1H3. The molecule has 1 aromatic carbocycles. The van der Waals surface area contributed by atoms with Gasteiger partial charge in [0.15, 0.2) is 0 Å². The van der Waals surface area contributed by atoms with Gasteiger partial charge in [-0.3, -0.25) is 15.1 Å². The molecule has 0 aliphatic heterocycles. The lowest BCUT2D eigenvalue weighted by Gasteiger charge is -2.07. The van der Waals surface area contributed by atoms with Crippen molar-refractivity contribution in [3.8, 4) is 0 Å². The Hall–Kier alpha value is -2.27. The molecule has 0 fully saturated rings. The number of aryl methyl sites for hydroxylation is 1. The van der Waals surface area contributed by atoms with Crippen LogP contribution in [0.15, 0.2) is 42.7 Å². The van der Waals surface area contributed by atoms with E-state index in [2.05, 4.69) is 10.3 Å². The molecule has 0 saturated carbocycles. The fourth-order valence-corrected chi connectivity index (χ4v) is 1.80. The molecule has 19 heavy (non-hydrogen) atoms. The zero-order valence-electron chi connectivity index (χ0n) is 10.7. The Morgan fingerprint density at radius 1 is 1.32 bits per heavy atom. The Labute approximate surface area is 111 Å². The van der Waals surface area contributed by atoms with Crippen molar-refractivity contribution >= 4 is 5.69 Å². The second-order valence-corrected chi connectivity index (χ2v) is 4.33. The summed E-state index contributed by atoms with van der Waals surface area (Å²) in [5, 5.41) is 13.9. The van der Waals surface area contributed by atoms with Gasteiger partial charge in [-0.1, -0.05) is 12.1 Å². The number of benzene rings is 1. The second-order valence-electron chi connectivity index (χ2n) is 4.33. The average molecular weight is 257 g/mol. The topological polar surface area (TPSA) is 68.1 Å². The highest BCUT2D eigenvalue weighted by molar-refractivity contribution is 5.34. The molecule has 5 heteroatoms. The number of nitrogens with one attached hydrogen (secondary N) is 1. The van der Waals surface area contributed by atoms with E-state index in [0.717, 1.165) is 11.1 Å². The number of hydrogen-bond acceptors (Lipinski definition) is 4. The van der Waals surface area contributed by atoms with E-state index in [1.807, 2.05) is 25.3 Å². The highest BCUT2D eigenvalue weighted by atomic mass is 16.6. The number of rotatable bonds is 5. The maximum absolute atomic E-state index is 10.7. The molecule has 1 heterocycles. The van der Waals surface area contributed by atoms with Crippen molar-refractivity contribution in [2.45, 2.75) is 20.0 Å². The molecule has 98 valence electrons. The first kappa shape index (κ1) is 13.2. The van der Waals surface area contributed by atoms with Crippen LogP contribution in [0.3, 0.4) is 0 Å². The number of nitro groups is 1. The van der Waals surface area contributed by atoms with Gasteiger partial charge in [-0.25, -0.2) is 0 Å². The van der Waals surface area contributed by atoms with Gasteiger partial charge in [0.1, 0.15) is 0 Å². The monoisotopic (exact) mass is 257 g/mol. The minimum atomic E-state index is -0.380. The maximum atomic E-state index is 10.7. The molecular weight excluding hydrogens is 242 g/mol. The third-order valence-corrected chi connectivity index (χ3v) is 2.91. The smallest absolute Gasteiger partial charge is 0.269 e. The van der Waals surface area contributed by atoms with Crippen molar-refractivity contribution in [1.82, 2.24) is 10.3 Å². The number of nitro benzene ring substituents is 1. The number of aromatic nitrogens is 1. The first-order valence-electron chi connectivity index (χ1n) is 6.00. The molecule has 1 N–H and O–H groups in total. The molecule has 0 unspecified atom stereocenters. The lowest BCUT2D eigenvalue weighted by molar-refractivity contribution is -0.384. The van der Waals surface area contributed by atoms with E-state index in [1.165, 1.54) is 11.6 Å². The van der Waals surface area contributed by atoms with Gasteiger partial charge in [0.25, 0.3) is 5.69 Å². The van der Waals surface area contributed by atoms with E-state index in [-0.39, 0.29) is 10.6 Å². The summed E-state index contributed by atoms with van der Waals surface area (Å²) >= 11 is 0. The molecule has 0 amide bonds. The Balaban J connectivity index is 1.94. The molecule has 1 aromatic heterocycles. The van der Waals surface area contributed by atoms with Crippen molar-refractivity contribution in [3.05, 3.63) is 69.5 Å². The van der Waals surface area contributed by atoms with E-state index < -0.39 is 0 Å². The molecule has 5 nitrogen and oxygen atoms in total. The Bertz CT molecular complexity index is 584. The normalized spacial score (nSPS) is 10.4. The zero-order chi connectivity index (χ0) is 13.7. The lowest BCUT2D eigenvalue weighted by Crippen LogP contribution is -2.13. The van der Waals surface area contributed by atoms with E-state index >= 15 is 0 Å². The quantitative estimate of drug-likeness (QED) is 0.660. The number of nitrogens with zero attached hydrogens (tertiary/aromatic N) is 2.